The second-order valence-electron chi connectivity index (χ2n) is 31.8. The number of phenolic OH excluding ortho intramolecular Hbond substituents is 1. The third-order valence-corrected chi connectivity index (χ3v) is 29.8. The zero-order valence-electron chi connectivity index (χ0n) is 54.7. The quantitative estimate of drug-likeness (QED) is 0.112. The molecule has 7 aromatic rings. The van der Waals surface area contributed by atoms with Gasteiger partial charge in [0.1, 0.15) is 5.75 Å². The van der Waals surface area contributed by atoms with Gasteiger partial charge in [-0.2, -0.15) is 0 Å². The Hall–Kier alpha value is -5.79. The topological polar surface area (TPSA) is 40.5 Å². The Balaban J connectivity index is 1.33. The molecule has 3 aliphatic carbocycles. The second-order valence-corrected chi connectivity index (χ2v) is 39.6. The van der Waals surface area contributed by atoms with Crippen LogP contribution in [0.3, 0.4) is 0 Å². The van der Waals surface area contributed by atoms with Crippen molar-refractivity contribution in [2.24, 2.45) is 0 Å². The number of hydrogen-bond acceptors (Lipinski definition) is 2. The molecule has 7 aromatic carbocycles. The van der Waals surface area contributed by atoms with Crippen molar-refractivity contribution >= 4 is 58.0 Å². The van der Waals surface area contributed by atoms with Gasteiger partial charge < -0.3 is 10.2 Å². The van der Waals surface area contributed by atoms with Gasteiger partial charge in [-0.3, -0.25) is 0 Å². The maximum absolute atomic E-state index is 14.7. The van der Waals surface area contributed by atoms with E-state index in [1.54, 1.807) is 0 Å². The summed E-state index contributed by atoms with van der Waals surface area (Å²) >= 11 is 0. The summed E-state index contributed by atoms with van der Waals surface area (Å²) in [6.45, 7) is 41.5. The van der Waals surface area contributed by atoms with Crippen LogP contribution in [0.1, 0.15) is 213 Å². The number of fused-ring (bicyclic) bond motifs is 2. The minimum absolute atomic E-state index is 0.0389. The van der Waals surface area contributed by atoms with E-state index in [0.717, 1.165) is 67.7 Å². The lowest BCUT2D eigenvalue weighted by molar-refractivity contribution is 0.230. The Labute approximate surface area is 510 Å². The van der Waals surface area contributed by atoms with Crippen LogP contribution in [0.2, 0.25) is 5.54 Å². The van der Waals surface area contributed by atoms with Gasteiger partial charge in [-0.15, -0.1) is 0 Å². The molecule has 4 heteroatoms. The van der Waals surface area contributed by atoms with Gasteiger partial charge in [0, 0.05) is 11.1 Å². The molecular weight excluding hydrogens is 1050 g/mol. The van der Waals surface area contributed by atoms with Crippen LogP contribution in [0.5, 0.6) is 5.75 Å². The molecule has 0 heterocycles. The van der Waals surface area contributed by atoms with Gasteiger partial charge in [0.2, 0.25) is 0 Å². The molecule has 1 saturated carbocycles. The summed E-state index contributed by atoms with van der Waals surface area (Å²) in [5.41, 5.74) is 14.3. The first kappa shape index (κ1) is 61.3. The van der Waals surface area contributed by atoms with Gasteiger partial charge in [-0.05, 0) is 181 Å². The van der Waals surface area contributed by atoms with Crippen LogP contribution < -0.4 is 36.3 Å². The zero-order valence-corrected chi connectivity index (χ0v) is 56.7. The molecule has 2 N–H and O–H groups in total. The number of aryl methyl sites for hydroxylation is 1. The minimum atomic E-state index is -3.44. The lowest BCUT2D eigenvalue weighted by atomic mass is 9.75. The average Bonchev–Trinajstić information content (AvgIpc) is 0.796. The van der Waals surface area contributed by atoms with Gasteiger partial charge in [-0.25, -0.2) is 0 Å². The number of aliphatic hydroxyl groups excluding tert-OH is 1. The van der Waals surface area contributed by atoms with E-state index in [2.05, 4.69) is 282 Å². The number of aromatic hydroxyl groups is 1. The maximum atomic E-state index is 14.7. The lowest BCUT2D eigenvalue weighted by Crippen LogP contribution is -2.75. The van der Waals surface area contributed by atoms with Crippen LogP contribution in [-0.2, 0) is 45.3 Å². The van der Waals surface area contributed by atoms with Crippen LogP contribution in [0, 0.1) is 0 Å². The summed E-state index contributed by atoms with van der Waals surface area (Å²) in [5.74, 6) is 0.361. The third kappa shape index (κ3) is 11.2. The summed E-state index contributed by atoms with van der Waals surface area (Å²) in [7, 11) is -6.79. The van der Waals surface area contributed by atoms with Crippen molar-refractivity contribution in [2.75, 3.05) is 0 Å². The summed E-state index contributed by atoms with van der Waals surface area (Å²) in [5, 5.41) is 38.0. The van der Waals surface area contributed by atoms with Crippen LogP contribution in [-0.4, -0.2) is 32.5 Å². The molecule has 0 saturated heterocycles. The minimum Gasteiger partial charge on any atom is -0.507 e. The SMILES string of the molecule is CC(C)(C)c1ccc([Si](c2ccc(C(C)(C)C)cc2)(c2ccc(C(C)(C)C)cc2)c2cc3c(c(C4=C5CCCCC5=C[C@@H]([Si](c5ccc(C(C)(C)C)cc5)(c5ccc(C(C)(C)C)cc5)c5ccc(C(C)(C)C)cc5)[C@H]4O)c2O)CCCC3)cc1. The number of phenols is 1. The van der Waals surface area contributed by atoms with E-state index in [1.807, 2.05) is 0 Å². The fourth-order valence-corrected chi connectivity index (χ4v) is 24.7. The summed E-state index contributed by atoms with van der Waals surface area (Å²) in [4.78, 5) is 0. The molecule has 0 aromatic heterocycles. The number of aliphatic hydroxyl groups is 1. The predicted octanol–water partition coefficient (Wildman–Crippen LogP) is 15.6. The Morgan fingerprint density at radius 1 is 0.369 bits per heavy atom. The van der Waals surface area contributed by atoms with Crippen molar-refractivity contribution in [3.8, 4) is 5.75 Å². The Kier molecular flexibility index (Phi) is 16.2. The van der Waals surface area contributed by atoms with E-state index in [0.29, 0.717) is 5.75 Å². The summed E-state index contributed by atoms with van der Waals surface area (Å²) < 4.78 is 0. The molecule has 0 radical (unpaired) electrons. The van der Waals surface area contributed by atoms with E-state index in [-0.39, 0.29) is 38.0 Å². The molecule has 1 fully saturated rings. The van der Waals surface area contributed by atoms with Gasteiger partial charge in [0.25, 0.3) is 0 Å². The van der Waals surface area contributed by atoms with E-state index < -0.39 is 22.3 Å². The highest BCUT2D eigenvalue weighted by molar-refractivity contribution is 7.20. The Morgan fingerprint density at radius 2 is 0.667 bits per heavy atom. The average molecular weight is 1150 g/mol. The standard InChI is InChI=1S/C80H100O2Si2/c1-75(2,3)55-27-39-61(40-28-55)83(62-41-29-56(30-42-62)76(4,5)6,63-43-31-57(32-44-63)77(7,8)9)69-51-53-23-19-21-25-67(53)71(73(69)81)72-68-26-22-20-24-54(68)52-70(74(72)82)84(64-45-33-58(34-46-64)78(10,11)12,65-47-35-59(36-48-65)79(13,14)15)66-49-37-60(38-50-66)80(16,17)18/h27-52,69,73,81-82H,19-26H2,1-18H3/t69-,73-/m1/s1. The van der Waals surface area contributed by atoms with Crippen LogP contribution >= 0.6 is 0 Å². The molecule has 3 aliphatic rings. The van der Waals surface area contributed by atoms with Gasteiger partial charge in [-0.1, -0.05) is 282 Å². The molecule has 2 nitrogen and oxygen atoms in total. The van der Waals surface area contributed by atoms with Gasteiger partial charge >= 0.3 is 0 Å². The highest BCUT2D eigenvalue weighted by Gasteiger charge is 2.53. The van der Waals surface area contributed by atoms with Crippen LogP contribution in [0.15, 0.2) is 169 Å². The monoisotopic (exact) mass is 1150 g/mol. The van der Waals surface area contributed by atoms with Crippen LogP contribution in [0.4, 0.5) is 0 Å². The molecule has 0 bridgehead atoms. The van der Waals surface area contributed by atoms with Crippen molar-refractivity contribution in [3.05, 3.63) is 219 Å². The first-order chi connectivity index (χ1) is 39.3. The normalized spacial score (nSPS) is 17.6. The predicted molar refractivity (Wildman–Crippen MR) is 368 cm³/mol. The lowest BCUT2D eigenvalue weighted by Gasteiger charge is -2.46. The van der Waals surface area contributed by atoms with Crippen molar-refractivity contribution < 1.29 is 10.2 Å². The molecule has 0 spiro atoms. The van der Waals surface area contributed by atoms with Crippen molar-refractivity contribution in [2.45, 2.75) is 220 Å². The maximum Gasteiger partial charge on any atom is 0.183 e. The molecule has 0 aliphatic heterocycles. The van der Waals surface area contributed by atoms with Crippen molar-refractivity contribution in [3.63, 3.8) is 0 Å². The zero-order chi connectivity index (χ0) is 60.7. The van der Waals surface area contributed by atoms with E-state index >= 15 is 0 Å². The van der Waals surface area contributed by atoms with Crippen molar-refractivity contribution in [1.82, 2.24) is 0 Å². The van der Waals surface area contributed by atoms with E-state index in [1.165, 1.54) is 86.8 Å². The summed E-state index contributed by atoms with van der Waals surface area (Å²) in [6, 6.07) is 60.0. The second kappa shape index (κ2) is 22.2. The van der Waals surface area contributed by atoms with Crippen LogP contribution in [0.25, 0.3) is 5.57 Å². The van der Waals surface area contributed by atoms with Gasteiger partial charge in [0.05, 0.1) is 6.10 Å². The highest BCUT2D eigenvalue weighted by atomic mass is 28.3. The number of allylic oxidation sites excluding steroid dienone is 2. The highest BCUT2D eigenvalue weighted by Crippen LogP contribution is 2.51. The number of hydrogen-bond donors (Lipinski definition) is 2. The molecule has 2 atom stereocenters. The first-order valence-corrected chi connectivity index (χ1v) is 36.0. The molecule has 84 heavy (non-hydrogen) atoms. The fourth-order valence-electron chi connectivity index (χ4n) is 14.6. The first-order valence-electron chi connectivity index (χ1n) is 31.9. The molecule has 440 valence electrons. The molecule has 0 amide bonds. The molecule has 10 rings (SSSR count). The molecular formula is C80H100O2Si2. The van der Waals surface area contributed by atoms with Crippen molar-refractivity contribution in [1.29, 1.82) is 0 Å². The van der Waals surface area contributed by atoms with E-state index in [9.17, 15) is 10.2 Å². The number of benzene rings is 7. The third-order valence-electron chi connectivity index (χ3n) is 19.8. The fraction of sp³-hybridized carbons (Fsp3) is 0.425. The Bertz CT molecular complexity index is 3290. The smallest absolute Gasteiger partial charge is 0.183 e. The summed E-state index contributed by atoms with van der Waals surface area (Å²) in [6.07, 6.45) is 9.55. The molecule has 0 unspecified atom stereocenters. The largest absolute Gasteiger partial charge is 0.507 e. The van der Waals surface area contributed by atoms with Gasteiger partial charge in [0.15, 0.2) is 16.1 Å². The van der Waals surface area contributed by atoms with E-state index in [4.69, 9.17) is 0 Å². The number of rotatable bonds is 9. The Morgan fingerprint density at radius 3 is 1.00 bits per heavy atom.